The van der Waals surface area contributed by atoms with Crippen molar-refractivity contribution in [3.05, 3.63) is 33.2 Å². The molecular weight excluding hydrogens is 188 g/mol. The number of rotatable bonds is 3. The van der Waals surface area contributed by atoms with Crippen LogP contribution in [0.5, 0.6) is 0 Å². The molecule has 0 spiro atoms. The summed E-state index contributed by atoms with van der Waals surface area (Å²) in [4.78, 5) is 12.2. The Labute approximate surface area is 90.1 Å². The van der Waals surface area contributed by atoms with Gasteiger partial charge in [-0.05, 0) is 45.4 Å². The highest BCUT2D eigenvalue weighted by molar-refractivity contribution is 5.27. The summed E-state index contributed by atoms with van der Waals surface area (Å²) in [5.41, 5.74) is 3.31. The van der Waals surface area contributed by atoms with E-state index in [1.54, 1.807) is 0 Å². The second-order valence-electron chi connectivity index (χ2n) is 4.38. The van der Waals surface area contributed by atoms with Crippen molar-refractivity contribution in [1.29, 1.82) is 0 Å². The van der Waals surface area contributed by atoms with Gasteiger partial charge in [0.2, 0.25) is 0 Å². The number of aromatic nitrogens is 1. The molecule has 0 radical (unpaired) electrons. The smallest absolute Gasteiger partial charge is 0.255 e. The van der Waals surface area contributed by atoms with Crippen LogP contribution in [0.4, 0.5) is 0 Å². The SMILES string of the molecule is CNCc1c(C)cc(C)n(C2CC2)c1=O. The van der Waals surface area contributed by atoms with Crippen molar-refractivity contribution in [2.75, 3.05) is 7.05 Å². The highest BCUT2D eigenvalue weighted by atomic mass is 16.1. The fourth-order valence-corrected chi connectivity index (χ4v) is 2.12. The normalized spacial score (nSPS) is 15.7. The van der Waals surface area contributed by atoms with Crippen molar-refractivity contribution < 1.29 is 0 Å². The maximum Gasteiger partial charge on any atom is 0.255 e. The first-order chi connectivity index (χ1) is 7.15. The van der Waals surface area contributed by atoms with Gasteiger partial charge in [0, 0.05) is 23.8 Å². The molecule has 0 aliphatic heterocycles. The van der Waals surface area contributed by atoms with Crippen LogP contribution in [0, 0.1) is 13.8 Å². The molecule has 1 saturated carbocycles. The maximum atomic E-state index is 12.2. The summed E-state index contributed by atoms with van der Waals surface area (Å²) in [6.07, 6.45) is 2.31. The molecule has 0 amide bonds. The Morgan fingerprint density at radius 2 is 2.13 bits per heavy atom. The number of hydrogen-bond acceptors (Lipinski definition) is 2. The molecule has 1 aromatic rings. The van der Waals surface area contributed by atoms with E-state index in [-0.39, 0.29) is 5.56 Å². The molecule has 1 N–H and O–H groups in total. The minimum absolute atomic E-state index is 0.198. The van der Waals surface area contributed by atoms with Crippen molar-refractivity contribution in [2.24, 2.45) is 0 Å². The molecule has 15 heavy (non-hydrogen) atoms. The largest absolute Gasteiger partial charge is 0.315 e. The third kappa shape index (κ3) is 1.84. The summed E-state index contributed by atoms with van der Waals surface area (Å²) in [7, 11) is 1.88. The summed E-state index contributed by atoms with van der Waals surface area (Å²) in [6, 6.07) is 2.58. The maximum absolute atomic E-state index is 12.2. The zero-order valence-corrected chi connectivity index (χ0v) is 9.63. The van der Waals surface area contributed by atoms with Crippen LogP contribution >= 0.6 is 0 Å². The molecular formula is C12H18N2O. The quantitative estimate of drug-likeness (QED) is 0.813. The molecule has 0 aromatic carbocycles. The van der Waals surface area contributed by atoms with Gasteiger partial charge in [-0.15, -0.1) is 0 Å². The third-order valence-electron chi connectivity index (χ3n) is 3.02. The molecule has 0 saturated heterocycles. The lowest BCUT2D eigenvalue weighted by Crippen LogP contribution is -2.28. The average Bonchev–Trinajstić information content (AvgIpc) is 2.96. The number of nitrogens with one attached hydrogen (secondary N) is 1. The Balaban J connectivity index is 2.55. The standard InChI is InChI=1S/C12H18N2O/c1-8-6-9(2)14(10-4-5-10)12(15)11(8)7-13-3/h6,10,13H,4-5,7H2,1-3H3. The van der Waals surface area contributed by atoms with Crippen LogP contribution in [0.25, 0.3) is 0 Å². The van der Waals surface area contributed by atoms with E-state index in [1.807, 2.05) is 25.5 Å². The van der Waals surface area contributed by atoms with E-state index < -0.39 is 0 Å². The zero-order chi connectivity index (χ0) is 11.0. The van der Waals surface area contributed by atoms with Gasteiger partial charge >= 0.3 is 0 Å². The molecule has 82 valence electrons. The first-order valence-corrected chi connectivity index (χ1v) is 5.51. The molecule has 0 atom stereocenters. The Hall–Kier alpha value is -1.09. The number of pyridine rings is 1. The zero-order valence-electron chi connectivity index (χ0n) is 9.63. The Bertz CT molecular complexity index is 430. The van der Waals surface area contributed by atoms with Crippen LogP contribution in [0.1, 0.15) is 35.7 Å². The van der Waals surface area contributed by atoms with E-state index in [0.717, 1.165) is 29.7 Å². The van der Waals surface area contributed by atoms with Gasteiger partial charge in [-0.2, -0.15) is 0 Å². The van der Waals surface area contributed by atoms with Gasteiger partial charge in [-0.1, -0.05) is 0 Å². The molecule has 3 nitrogen and oxygen atoms in total. The topological polar surface area (TPSA) is 34.0 Å². The number of hydrogen-bond donors (Lipinski definition) is 1. The molecule has 1 aliphatic rings. The van der Waals surface area contributed by atoms with Crippen molar-refractivity contribution in [2.45, 2.75) is 39.3 Å². The summed E-state index contributed by atoms with van der Waals surface area (Å²) in [5.74, 6) is 0. The predicted octanol–water partition coefficient (Wildman–Crippen LogP) is 1.52. The lowest BCUT2D eigenvalue weighted by molar-refractivity contribution is 0.659. The van der Waals surface area contributed by atoms with Gasteiger partial charge in [0.05, 0.1) is 0 Å². The van der Waals surface area contributed by atoms with Crippen LogP contribution in [0.15, 0.2) is 10.9 Å². The van der Waals surface area contributed by atoms with E-state index in [4.69, 9.17) is 0 Å². The van der Waals surface area contributed by atoms with E-state index in [1.165, 1.54) is 0 Å². The van der Waals surface area contributed by atoms with Crippen LogP contribution in [-0.2, 0) is 6.54 Å². The molecule has 2 rings (SSSR count). The van der Waals surface area contributed by atoms with Gasteiger partial charge in [0.1, 0.15) is 0 Å². The second kappa shape index (κ2) is 3.81. The second-order valence-corrected chi connectivity index (χ2v) is 4.38. The van der Waals surface area contributed by atoms with Crippen LogP contribution in [0.3, 0.4) is 0 Å². The van der Waals surface area contributed by atoms with Gasteiger partial charge in [0.15, 0.2) is 0 Å². The molecule has 1 aromatic heterocycles. The molecule has 0 bridgehead atoms. The lowest BCUT2D eigenvalue weighted by Gasteiger charge is -2.13. The van der Waals surface area contributed by atoms with Crippen LogP contribution < -0.4 is 10.9 Å². The highest BCUT2D eigenvalue weighted by Gasteiger charge is 2.26. The first-order valence-electron chi connectivity index (χ1n) is 5.51. The van der Waals surface area contributed by atoms with E-state index in [0.29, 0.717) is 12.6 Å². The monoisotopic (exact) mass is 206 g/mol. The van der Waals surface area contributed by atoms with Gasteiger partial charge in [0.25, 0.3) is 5.56 Å². The van der Waals surface area contributed by atoms with Crippen LogP contribution in [-0.4, -0.2) is 11.6 Å². The van der Waals surface area contributed by atoms with Crippen molar-refractivity contribution >= 4 is 0 Å². The third-order valence-corrected chi connectivity index (χ3v) is 3.02. The average molecular weight is 206 g/mol. The fourth-order valence-electron chi connectivity index (χ4n) is 2.12. The summed E-state index contributed by atoms with van der Waals surface area (Å²) >= 11 is 0. The molecule has 1 heterocycles. The highest BCUT2D eigenvalue weighted by Crippen LogP contribution is 2.34. The van der Waals surface area contributed by atoms with Gasteiger partial charge in [-0.3, -0.25) is 4.79 Å². The molecule has 3 heteroatoms. The molecule has 0 unspecified atom stereocenters. The summed E-state index contributed by atoms with van der Waals surface area (Å²) < 4.78 is 1.96. The first kappa shape index (κ1) is 10.4. The minimum atomic E-state index is 0.198. The lowest BCUT2D eigenvalue weighted by atomic mass is 10.1. The van der Waals surface area contributed by atoms with Crippen LogP contribution in [0.2, 0.25) is 0 Å². The summed E-state index contributed by atoms with van der Waals surface area (Å²) in [6.45, 7) is 4.70. The Kier molecular flexibility index (Phi) is 2.65. The Morgan fingerprint density at radius 3 is 2.67 bits per heavy atom. The summed E-state index contributed by atoms with van der Waals surface area (Å²) in [5, 5.41) is 3.06. The molecule has 1 fully saturated rings. The predicted molar refractivity (Wildman–Crippen MR) is 61.2 cm³/mol. The molecule has 1 aliphatic carbocycles. The Morgan fingerprint density at radius 1 is 1.47 bits per heavy atom. The van der Waals surface area contributed by atoms with E-state index in [2.05, 4.69) is 11.4 Å². The van der Waals surface area contributed by atoms with E-state index >= 15 is 0 Å². The van der Waals surface area contributed by atoms with Gasteiger partial charge in [-0.25, -0.2) is 0 Å². The van der Waals surface area contributed by atoms with Crippen molar-refractivity contribution in [1.82, 2.24) is 9.88 Å². The fraction of sp³-hybridized carbons (Fsp3) is 0.583. The number of nitrogens with zero attached hydrogens (tertiary/aromatic N) is 1. The van der Waals surface area contributed by atoms with Gasteiger partial charge < -0.3 is 9.88 Å². The minimum Gasteiger partial charge on any atom is -0.315 e. The van der Waals surface area contributed by atoms with Crippen molar-refractivity contribution in [3.8, 4) is 0 Å². The number of aryl methyl sites for hydroxylation is 2. The van der Waals surface area contributed by atoms with E-state index in [9.17, 15) is 4.79 Å². The van der Waals surface area contributed by atoms with Crippen molar-refractivity contribution in [3.63, 3.8) is 0 Å².